The lowest BCUT2D eigenvalue weighted by Crippen LogP contribution is -2.33. The first kappa shape index (κ1) is 29.0. The molecule has 3 amide bonds. The molecule has 1 saturated heterocycles. The monoisotopic (exact) mass is 645 g/mol. The van der Waals surface area contributed by atoms with E-state index in [4.69, 9.17) is 11.6 Å². The van der Waals surface area contributed by atoms with Gasteiger partial charge in [0.05, 0.1) is 22.2 Å². The molecule has 2 aliphatic heterocycles. The maximum atomic E-state index is 13.9. The molecule has 220 valence electrons. The fourth-order valence-corrected chi connectivity index (χ4v) is 8.18. The van der Waals surface area contributed by atoms with Crippen molar-refractivity contribution in [3.05, 3.63) is 103 Å². The molecule has 2 aliphatic rings. The smallest absolute Gasteiger partial charge is 0.416 e. The number of thioether (sulfide) groups is 1. The molecular weight excluding hydrogens is 627 g/mol. The topological polar surface area (TPSA) is 109 Å². The highest BCUT2D eigenvalue weighted by atomic mass is 35.5. The fourth-order valence-electron chi connectivity index (χ4n) is 5.29. The van der Waals surface area contributed by atoms with Crippen LogP contribution >= 0.6 is 34.7 Å². The van der Waals surface area contributed by atoms with Crippen molar-refractivity contribution in [1.29, 1.82) is 0 Å². The molecule has 4 aromatic rings. The Kier molecular flexibility index (Phi) is 7.35. The van der Waals surface area contributed by atoms with Gasteiger partial charge in [0.1, 0.15) is 17.5 Å². The standard InChI is InChI=1S/C29H19ClF3N3O5S2/c30-15-8-10-16(11-9-15)34-20(38)13-35-27-24(43-28(35)41)21(18-6-1-2-7-19(18)37)22-23(42-27)26(40)36(25(22)39)17-5-3-4-14(12-17)29(31,32)33/h1-12,21-23,37H,13H2,(H,34,38)/t21-,22?,23?/m0/s1. The molecule has 43 heavy (non-hydrogen) atoms. The number of halogens is 4. The second kappa shape index (κ2) is 10.9. The average Bonchev–Trinajstić information content (AvgIpc) is 3.40. The second-order valence-electron chi connectivity index (χ2n) is 9.84. The maximum Gasteiger partial charge on any atom is 0.416 e. The molecular formula is C29H19ClF3N3O5S2. The molecule has 6 rings (SSSR count). The summed E-state index contributed by atoms with van der Waals surface area (Å²) >= 11 is 7.59. The number of fused-ring (bicyclic) bond motifs is 2. The quantitative estimate of drug-likeness (QED) is 0.269. The minimum atomic E-state index is -4.70. The number of para-hydroxylation sites is 1. The molecule has 0 bridgehead atoms. The molecule has 0 spiro atoms. The molecule has 1 fully saturated rings. The number of hydrogen-bond acceptors (Lipinski definition) is 7. The number of carbonyl (C=O) groups excluding carboxylic acids is 3. The molecule has 2 unspecified atom stereocenters. The van der Waals surface area contributed by atoms with Crippen LogP contribution in [0.15, 0.2) is 82.6 Å². The van der Waals surface area contributed by atoms with Gasteiger partial charge in [0.25, 0.3) is 0 Å². The lowest BCUT2D eigenvalue weighted by Gasteiger charge is -2.31. The molecule has 0 saturated carbocycles. The van der Waals surface area contributed by atoms with Crippen LogP contribution in [0.5, 0.6) is 5.75 Å². The Hall–Kier alpha value is -4.07. The summed E-state index contributed by atoms with van der Waals surface area (Å²) in [6.45, 7) is -0.412. The Morgan fingerprint density at radius 1 is 0.977 bits per heavy atom. The first-order valence-electron chi connectivity index (χ1n) is 12.7. The van der Waals surface area contributed by atoms with Crippen LogP contribution in [0.25, 0.3) is 0 Å². The van der Waals surface area contributed by atoms with Crippen LogP contribution in [0.2, 0.25) is 5.02 Å². The zero-order chi connectivity index (χ0) is 30.6. The van der Waals surface area contributed by atoms with Crippen molar-refractivity contribution in [3.63, 3.8) is 0 Å². The van der Waals surface area contributed by atoms with Crippen LogP contribution in [-0.4, -0.2) is 32.6 Å². The third-order valence-electron chi connectivity index (χ3n) is 7.18. The van der Waals surface area contributed by atoms with E-state index in [0.717, 1.165) is 46.2 Å². The van der Waals surface area contributed by atoms with Crippen molar-refractivity contribution in [2.24, 2.45) is 5.92 Å². The summed E-state index contributed by atoms with van der Waals surface area (Å²) in [6.07, 6.45) is -4.70. The number of alkyl halides is 3. The molecule has 3 heterocycles. The molecule has 14 heteroatoms. The Balaban J connectivity index is 1.42. The summed E-state index contributed by atoms with van der Waals surface area (Å²) in [5, 5.41) is 13.1. The number of amides is 3. The number of imide groups is 1. The lowest BCUT2D eigenvalue weighted by atomic mass is 9.82. The lowest BCUT2D eigenvalue weighted by molar-refractivity contribution is -0.137. The van der Waals surface area contributed by atoms with Crippen LogP contribution in [0, 0.1) is 5.92 Å². The molecule has 3 aromatic carbocycles. The normalized spacial score (nSPS) is 19.7. The van der Waals surface area contributed by atoms with Gasteiger partial charge in [-0.3, -0.25) is 23.7 Å². The Labute approximate surface area is 254 Å². The largest absolute Gasteiger partial charge is 0.508 e. The zero-order valence-electron chi connectivity index (χ0n) is 21.7. The number of hydrogen-bond donors (Lipinski definition) is 2. The number of thiazole rings is 1. The van der Waals surface area contributed by atoms with E-state index in [1.54, 1.807) is 42.5 Å². The van der Waals surface area contributed by atoms with E-state index in [0.29, 0.717) is 15.6 Å². The van der Waals surface area contributed by atoms with E-state index >= 15 is 0 Å². The number of phenolic OH excluding ortho intramolecular Hbond substituents is 1. The Morgan fingerprint density at radius 2 is 1.70 bits per heavy atom. The molecule has 1 aromatic heterocycles. The maximum absolute atomic E-state index is 13.9. The number of nitrogens with zero attached hydrogens (tertiary/aromatic N) is 2. The molecule has 0 aliphatic carbocycles. The summed E-state index contributed by atoms with van der Waals surface area (Å²) in [4.78, 5) is 54.4. The van der Waals surface area contributed by atoms with Gasteiger partial charge in [0.15, 0.2) is 0 Å². The third-order valence-corrected chi connectivity index (χ3v) is 10.0. The predicted octanol–water partition coefficient (Wildman–Crippen LogP) is 5.72. The van der Waals surface area contributed by atoms with Crippen LogP contribution in [0.1, 0.15) is 21.9 Å². The zero-order valence-corrected chi connectivity index (χ0v) is 24.1. The van der Waals surface area contributed by atoms with Gasteiger partial charge in [-0.05, 0) is 48.5 Å². The molecule has 2 N–H and O–H groups in total. The van der Waals surface area contributed by atoms with E-state index < -0.39 is 58.0 Å². The van der Waals surface area contributed by atoms with Gasteiger partial charge < -0.3 is 10.4 Å². The fraction of sp³-hybridized carbons (Fsp3) is 0.172. The first-order valence-corrected chi connectivity index (χ1v) is 14.8. The summed E-state index contributed by atoms with van der Waals surface area (Å²) in [7, 11) is 0. The Morgan fingerprint density at radius 3 is 2.40 bits per heavy atom. The van der Waals surface area contributed by atoms with E-state index in [9.17, 15) is 37.5 Å². The third kappa shape index (κ3) is 5.21. The highest BCUT2D eigenvalue weighted by molar-refractivity contribution is 8.00. The van der Waals surface area contributed by atoms with Gasteiger partial charge in [0.2, 0.25) is 17.7 Å². The number of nitrogens with one attached hydrogen (secondary N) is 1. The number of phenols is 1. The number of anilines is 2. The van der Waals surface area contributed by atoms with Crippen molar-refractivity contribution in [3.8, 4) is 5.75 Å². The Bertz CT molecular complexity index is 1840. The first-order chi connectivity index (χ1) is 20.4. The van der Waals surface area contributed by atoms with Gasteiger partial charge in [-0.15, -0.1) is 0 Å². The average molecular weight is 646 g/mol. The molecule has 8 nitrogen and oxygen atoms in total. The van der Waals surface area contributed by atoms with Crippen LogP contribution < -0.4 is 15.1 Å². The minimum Gasteiger partial charge on any atom is -0.508 e. The van der Waals surface area contributed by atoms with Gasteiger partial charge >= 0.3 is 11.0 Å². The van der Waals surface area contributed by atoms with Crippen molar-refractivity contribution in [2.75, 3.05) is 10.2 Å². The number of benzene rings is 3. The van der Waals surface area contributed by atoms with Crippen molar-refractivity contribution in [1.82, 2.24) is 4.57 Å². The predicted molar refractivity (Wildman–Crippen MR) is 156 cm³/mol. The van der Waals surface area contributed by atoms with Gasteiger partial charge in [0, 0.05) is 27.1 Å². The summed E-state index contributed by atoms with van der Waals surface area (Å²) < 4.78 is 41.6. The molecule has 3 atom stereocenters. The van der Waals surface area contributed by atoms with E-state index in [2.05, 4.69) is 5.32 Å². The SMILES string of the molecule is O=C(Cn1c2c(sc1=O)[C@@H](c1ccccc1O)C1C(=O)N(c3cccc(C(F)(F)F)c3)C(=O)C1S2)Nc1ccc(Cl)cc1. The van der Waals surface area contributed by atoms with E-state index in [1.807, 2.05) is 0 Å². The second-order valence-corrected chi connectivity index (χ2v) is 12.4. The highest BCUT2D eigenvalue weighted by Crippen LogP contribution is 2.55. The van der Waals surface area contributed by atoms with Crippen molar-refractivity contribution >= 4 is 63.8 Å². The van der Waals surface area contributed by atoms with Crippen LogP contribution in [0.3, 0.4) is 0 Å². The van der Waals surface area contributed by atoms with Gasteiger partial charge in [-0.25, -0.2) is 4.90 Å². The summed E-state index contributed by atoms with van der Waals surface area (Å²) in [5.41, 5.74) is -0.547. The van der Waals surface area contributed by atoms with Gasteiger partial charge in [-0.2, -0.15) is 13.2 Å². The van der Waals surface area contributed by atoms with Crippen molar-refractivity contribution in [2.45, 2.75) is 28.9 Å². The van der Waals surface area contributed by atoms with E-state index in [1.165, 1.54) is 16.7 Å². The number of rotatable bonds is 5. The summed E-state index contributed by atoms with van der Waals surface area (Å²) in [6, 6.07) is 16.4. The van der Waals surface area contributed by atoms with Crippen molar-refractivity contribution < 1.29 is 32.7 Å². The number of carbonyl (C=O) groups is 3. The van der Waals surface area contributed by atoms with Crippen LogP contribution in [-0.2, 0) is 27.1 Å². The van der Waals surface area contributed by atoms with Gasteiger partial charge in [-0.1, -0.05) is 59.0 Å². The molecule has 0 radical (unpaired) electrons. The summed E-state index contributed by atoms with van der Waals surface area (Å²) in [5.74, 6) is -4.36. The number of aromatic hydroxyl groups is 1. The number of aromatic nitrogens is 1. The van der Waals surface area contributed by atoms with Crippen LogP contribution in [0.4, 0.5) is 24.5 Å². The highest BCUT2D eigenvalue weighted by Gasteiger charge is 2.57. The minimum absolute atomic E-state index is 0.185. The van der Waals surface area contributed by atoms with E-state index in [-0.39, 0.29) is 22.0 Å².